The molecule has 0 N–H and O–H groups in total. The number of hydrogen-bond donors (Lipinski definition) is 0. The summed E-state index contributed by atoms with van der Waals surface area (Å²) in [5, 5.41) is 0. The minimum atomic E-state index is -0.236. The molecule has 1 aliphatic carbocycles. The number of amides is 1. The Labute approximate surface area is 177 Å². The van der Waals surface area contributed by atoms with Crippen molar-refractivity contribution in [3.05, 3.63) is 68.7 Å². The number of aryl methyl sites for hydroxylation is 1. The van der Waals surface area contributed by atoms with E-state index in [0.29, 0.717) is 20.8 Å². The second kappa shape index (κ2) is 8.04. The van der Waals surface area contributed by atoms with Crippen LogP contribution in [0.1, 0.15) is 30.0 Å². The van der Waals surface area contributed by atoms with Gasteiger partial charge in [-0.3, -0.25) is 14.2 Å². The Bertz CT molecular complexity index is 1210. The lowest BCUT2D eigenvalue weighted by Crippen LogP contribution is -2.37. The normalized spacial score (nSPS) is 15.8. The van der Waals surface area contributed by atoms with E-state index in [2.05, 4.69) is 23.7 Å². The zero-order valence-electron chi connectivity index (χ0n) is 16.2. The van der Waals surface area contributed by atoms with Crippen molar-refractivity contribution in [2.24, 2.45) is 0 Å². The second-order valence-corrected chi connectivity index (χ2v) is 8.85. The molecule has 1 atom stereocenters. The summed E-state index contributed by atoms with van der Waals surface area (Å²) in [5.41, 5.74) is 2.81. The molecule has 6 nitrogen and oxygen atoms in total. The minimum absolute atomic E-state index is 0.0376. The van der Waals surface area contributed by atoms with Gasteiger partial charge in [-0.1, -0.05) is 41.7 Å². The lowest BCUT2D eigenvalue weighted by molar-refractivity contribution is -0.133. The third-order valence-electron chi connectivity index (χ3n) is 5.46. The van der Waals surface area contributed by atoms with Gasteiger partial charge in [-0.15, -0.1) is 6.58 Å². The summed E-state index contributed by atoms with van der Waals surface area (Å²) in [4.78, 5) is 32.1. The van der Waals surface area contributed by atoms with Crippen LogP contribution < -0.4 is 5.56 Å². The quantitative estimate of drug-likeness (QED) is 0.461. The molecule has 2 aromatic heterocycles. The van der Waals surface area contributed by atoms with Gasteiger partial charge in [-0.25, -0.2) is 4.98 Å². The van der Waals surface area contributed by atoms with Gasteiger partial charge in [0.2, 0.25) is 5.91 Å². The van der Waals surface area contributed by atoms with Crippen LogP contribution in [0.3, 0.4) is 0 Å². The molecule has 2 heterocycles. The van der Waals surface area contributed by atoms with Crippen LogP contribution >= 0.6 is 23.6 Å². The van der Waals surface area contributed by atoms with E-state index in [4.69, 9.17) is 12.2 Å². The standard InChI is InChI=1S/C21H22N4O2S2/c1-3-11-25-19-18(29-21(25)28)20(27)24(13-22-19)12-17(26)23(2)16-10-6-8-14-7-4-5-9-15(14)16/h3-5,7,9,13,16H,1,6,8,10-12H2,2H3. The zero-order chi connectivity index (χ0) is 20.5. The summed E-state index contributed by atoms with van der Waals surface area (Å²) in [6.07, 6.45) is 6.17. The Hall–Kier alpha value is -2.58. The fraction of sp³-hybridized carbons (Fsp3) is 0.333. The highest BCUT2D eigenvalue weighted by Crippen LogP contribution is 2.33. The number of aromatic nitrogens is 3. The van der Waals surface area contributed by atoms with Gasteiger partial charge in [-0.05, 0) is 42.6 Å². The van der Waals surface area contributed by atoms with Gasteiger partial charge in [0.15, 0.2) is 9.60 Å². The highest BCUT2D eigenvalue weighted by Gasteiger charge is 2.27. The maximum Gasteiger partial charge on any atom is 0.273 e. The molecule has 1 unspecified atom stereocenters. The van der Waals surface area contributed by atoms with Gasteiger partial charge in [0, 0.05) is 13.6 Å². The van der Waals surface area contributed by atoms with E-state index in [0.717, 1.165) is 19.3 Å². The van der Waals surface area contributed by atoms with Crippen molar-refractivity contribution in [2.75, 3.05) is 7.05 Å². The van der Waals surface area contributed by atoms with Crippen molar-refractivity contribution in [1.29, 1.82) is 0 Å². The summed E-state index contributed by atoms with van der Waals surface area (Å²) in [6, 6.07) is 8.31. The summed E-state index contributed by atoms with van der Waals surface area (Å²) >= 11 is 6.57. The molecular formula is C21H22N4O2S2. The van der Waals surface area contributed by atoms with Crippen LogP contribution in [0.15, 0.2) is 48.0 Å². The fourth-order valence-electron chi connectivity index (χ4n) is 3.94. The van der Waals surface area contributed by atoms with E-state index in [1.165, 1.54) is 33.4 Å². The fourth-order valence-corrected chi connectivity index (χ4v) is 5.25. The van der Waals surface area contributed by atoms with Gasteiger partial charge in [0.05, 0.1) is 6.04 Å². The number of benzene rings is 1. The van der Waals surface area contributed by atoms with E-state index in [1.807, 2.05) is 19.2 Å². The first-order chi connectivity index (χ1) is 14.0. The van der Waals surface area contributed by atoms with Gasteiger partial charge in [-0.2, -0.15) is 0 Å². The predicted octanol–water partition coefficient (Wildman–Crippen LogP) is 3.71. The average molecular weight is 427 g/mol. The van der Waals surface area contributed by atoms with Crippen LogP contribution in [0.4, 0.5) is 0 Å². The molecule has 0 radical (unpaired) electrons. The van der Waals surface area contributed by atoms with E-state index in [1.54, 1.807) is 15.5 Å². The summed E-state index contributed by atoms with van der Waals surface area (Å²) in [5.74, 6) is -0.107. The van der Waals surface area contributed by atoms with Gasteiger partial charge in [0.25, 0.3) is 5.56 Å². The molecule has 0 aliphatic heterocycles. The molecular weight excluding hydrogens is 404 g/mol. The highest BCUT2D eigenvalue weighted by atomic mass is 32.1. The van der Waals surface area contributed by atoms with Gasteiger partial charge < -0.3 is 9.47 Å². The number of allylic oxidation sites excluding steroid dienone is 1. The monoisotopic (exact) mass is 426 g/mol. The van der Waals surface area contributed by atoms with Crippen LogP contribution in [0, 0.1) is 3.95 Å². The first-order valence-electron chi connectivity index (χ1n) is 9.54. The Morgan fingerprint density at radius 3 is 3.03 bits per heavy atom. The van der Waals surface area contributed by atoms with Crippen LogP contribution in [0.25, 0.3) is 10.3 Å². The SMILES string of the molecule is C=CCn1c(=S)sc2c(=O)n(CC(=O)N(C)C3CCCc4ccccc43)cnc21. The van der Waals surface area contributed by atoms with Crippen molar-refractivity contribution in [3.8, 4) is 0 Å². The predicted molar refractivity (Wildman–Crippen MR) is 118 cm³/mol. The minimum Gasteiger partial charge on any atom is -0.337 e. The number of fused-ring (bicyclic) bond motifs is 2. The molecule has 4 rings (SSSR count). The number of thiazole rings is 1. The van der Waals surface area contributed by atoms with Crippen molar-refractivity contribution in [2.45, 2.75) is 38.4 Å². The lowest BCUT2D eigenvalue weighted by Gasteiger charge is -2.33. The summed E-state index contributed by atoms with van der Waals surface area (Å²) in [7, 11) is 1.82. The lowest BCUT2D eigenvalue weighted by atomic mass is 9.87. The first kappa shape index (κ1) is 19.7. The Morgan fingerprint density at radius 1 is 1.45 bits per heavy atom. The van der Waals surface area contributed by atoms with Gasteiger partial charge in [0.1, 0.15) is 17.6 Å². The largest absolute Gasteiger partial charge is 0.337 e. The third-order valence-corrected chi connectivity index (χ3v) is 6.89. The molecule has 0 bridgehead atoms. The van der Waals surface area contributed by atoms with E-state index in [9.17, 15) is 9.59 Å². The molecule has 0 spiro atoms. The molecule has 8 heteroatoms. The average Bonchev–Trinajstić information content (AvgIpc) is 3.05. The number of hydrogen-bond acceptors (Lipinski definition) is 5. The molecule has 1 amide bonds. The smallest absolute Gasteiger partial charge is 0.273 e. The Kier molecular flexibility index (Phi) is 5.47. The molecule has 150 valence electrons. The topological polar surface area (TPSA) is 60.1 Å². The molecule has 0 saturated heterocycles. The molecule has 1 aromatic carbocycles. The highest BCUT2D eigenvalue weighted by molar-refractivity contribution is 7.73. The van der Waals surface area contributed by atoms with E-state index < -0.39 is 0 Å². The van der Waals surface area contributed by atoms with Crippen LogP contribution in [-0.4, -0.2) is 32.0 Å². The number of carbonyl (C=O) groups excluding carboxylic acids is 1. The molecule has 3 aromatic rings. The van der Waals surface area contributed by atoms with E-state index in [-0.39, 0.29) is 24.1 Å². The van der Waals surface area contributed by atoms with Gasteiger partial charge >= 0.3 is 0 Å². The number of likely N-dealkylation sites (N-methyl/N-ethyl adjacent to an activating group) is 1. The Balaban J connectivity index is 1.61. The second-order valence-electron chi connectivity index (χ2n) is 7.21. The zero-order valence-corrected chi connectivity index (χ0v) is 17.8. The number of nitrogens with zero attached hydrogens (tertiary/aromatic N) is 4. The molecule has 0 fully saturated rings. The van der Waals surface area contributed by atoms with Crippen LogP contribution in [0.5, 0.6) is 0 Å². The maximum atomic E-state index is 13.0. The third kappa shape index (κ3) is 3.58. The molecule has 0 saturated carbocycles. The van der Waals surface area contributed by atoms with Crippen molar-refractivity contribution in [3.63, 3.8) is 0 Å². The maximum absolute atomic E-state index is 13.0. The summed E-state index contributed by atoms with van der Waals surface area (Å²) in [6.45, 7) is 4.18. The Morgan fingerprint density at radius 2 is 2.24 bits per heavy atom. The number of carbonyl (C=O) groups is 1. The first-order valence-corrected chi connectivity index (χ1v) is 10.8. The van der Waals surface area contributed by atoms with Crippen molar-refractivity contribution >= 4 is 39.8 Å². The van der Waals surface area contributed by atoms with E-state index >= 15 is 0 Å². The molecule has 1 aliphatic rings. The van der Waals surface area contributed by atoms with Crippen molar-refractivity contribution < 1.29 is 4.79 Å². The van der Waals surface area contributed by atoms with Crippen molar-refractivity contribution in [1.82, 2.24) is 19.0 Å². The summed E-state index contributed by atoms with van der Waals surface area (Å²) < 4.78 is 4.20. The number of rotatable bonds is 5. The van der Waals surface area contributed by atoms with Crippen LogP contribution in [-0.2, 0) is 24.3 Å². The molecule has 29 heavy (non-hydrogen) atoms. The van der Waals surface area contributed by atoms with Crippen LogP contribution in [0.2, 0.25) is 0 Å².